The molecule has 0 radical (unpaired) electrons. The van der Waals surface area contributed by atoms with Crippen LogP contribution in [0.5, 0.6) is 0 Å². The molecule has 14 heavy (non-hydrogen) atoms. The van der Waals surface area contributed by atoms with Crippen molar-refractivity contribution in [1.82, 2.24) is 14.5 Å². The van der Waals surface area contributed by atoms with Crippen molar-refractivity contribution in [2.24, 2.45) is 0 Å². The quantitative estimate of drug-likeness (QED) is 0.617. The fourth-order valence-electron chi connectivity index (χ4n) is 1.62. The zero-order valence-electron chi connectivity index (χ0n) is 7.51. The first-order chi connectivity index (χ1) is 6.95. The van der Waals surface area contributed by atoms with Gasteiger partial charge < -0.3 is 4.98 Å². The number of H-pyrrole nitrogens is 1. The zero-order valence-corrected chi connectivity index (χ0v) is 7.51. The predicted octanol–water partition coefficient (Wildman–Crippen LogP) is 2.35. The lowest BCUT2D eigenvalue weighted by Gasteiger charge is -1.99. The van der Waals surface area contributed by atoms with Crippen LogP contribution < -0.4 is 0 Å². The van der Waals surface area contributed by atoms with Crippen LogP contribution in [0.2, 0.25) is 0 Å². The van der Waals surface area contributed by atoms with Gasteiger partial charge in [0.05, 0.1) is 11.0 Å². The highest BCUT2D eigenvalue weighted by atomic mass is 15.1. The molecule has 0 aliphatic carbocycles. The molecule has 1 aromatic carbocycles. The molecule has 0 unspecified atom stereocenters. The van der Waals surface area contributed by atoms with Crippen LogP contribution in [0.3, 0.4) is 0 Å². The molecule has 0 fully saturated rings. The van der Waals surface area contributed by atoms with Crippen LogP contribution in [0, 0.1) is 0 Å². The van der Waals surface area contributed by atoms with Crippen LogP contribution in [0.1, 0.15) is 0 Å². The summed E-state index contributed by atoms with van der Waals surface area (Å²) in [5.74, 6) is 1.04. The van der Waals surface area contributed by atoms with E-state index in [0.29, 0.717) is 0 Å². The maximum atomic E-state index is 4.32. The van der Waals surface area contributed by atoms with Gasteiger partial charge in [0.2, 0.25) is 0 Å². The van der Waals surface area contributed by atoms with Gasteiger partial charge in [-0.05, 0) is 24.3 Å². The van der Waals surface area contributed by atoms with Crippen LogP contribution in [-0.4, -0.2) is 14.5 Å². The molecule has 0 aliphatic heterocycles. The molecule has 68 valence electrons. The first-order valence-electron chi connectivity index (χ1n) is 4.51. The SMILES string of the molecule is c1c[nH]c(-n2cnc3ccccc32)c1. The van der Waals surface area contributed by atoms with E-state index in [0.717, 1.165) is 16.9 Å². The lowest BCUT2D eigenvalue weighted by molar-refractivity contribution is 1.04. The van der Waals surface area contributed by atoms with Gasteiger partial charge in [0.15, 0.2) is 0 Å². The smallest absolute Gasteiger partial charge is 0.115 e. The van der Waals surface area contributed by atoms with Gasteiger partial charge in [0.25, 0.3) is 0 Å². The lowest BCUT2D eigenvalue weighted by Crippen LogP contribution is -1.90. The molecule has 0 spiro atoms. The Morgan fingerprint density at radius 1 is 1.07 bits per heavy atom. The number of hydrogen-bond acceptors (Lipinski definition) is 1. The Morgan fingerprint density at radius 2 is 2.00 bits per heavy atom. The second kappa shape index (κ2) is 2.73. The van der Waals surface area contributed by atoms with Crippen molar-refractivity contribution in [3.05, 3.63) is 48.9 Å². The minimum Gasteiger partial charge on any atom is -0.348 e. The van der Waals surface area contributed by atoms with Crippen molar-refractivity contribution >= 4 is 11.0 Å². The molecule has 3 aromatic rings. The number of benzene rings is 1. The number of hydrogen-bond donors (Lipinski definition) is 1. The van der Waals surface area contributed by atoms with E-state index < -0.39 is 0 Å². The molecule has 3 rings (SSSR count). The summed E-state index contributed by atoms with van der Waals surface area (Å²) >= 11 is 0. The summed E-state index contributed by atoms with van der Waals surface area (Å²) in [6.07, 6.45) is 3.74. The zero-order chi connectivity index (χ0) is 9.38. The summed E-state index contributed by atoms with van der Waals surface area (Å²) in [5, 5.41) is 0. The number of rotatable bonds is 1. The van der Waals surface area contributed by atoms with Crippen LogP contribution >= 0.6 is 0 Å². The summed E-state index contributed by atoms with van der Waals surface area (Å²) in [6.45, 7) is 0. The van der Waals surface area contributed by atoms with Crippen molar-refractivity contribution in [2.75, 3.05) is 0 Å². The van der Waals surface area contributed by atoms with Gasteiger partial charge in [-0.2, -0.15) is 0 Å². The third-order valence-corrected chi connectivity index (χ3v) is 2.29. The van der Waals surface area contributed by atoms with Crippen LogP contribution in [0.25, 0.3) is 16.9 Å². The Balaban J connectivity index is 2.33. The van der Waals surface area contributed by atoms with E-state index in [1.54, 1.807) is 0 Å². The summed E-state index contributed by atoms with van der Waals surface area (Å²) < 4.78 is 2.04. The van der Waals surface area contributed by atoms with Crippen molar-refractivity contribution in [3.63, 3.8) is 0 Å². The molecular weight excluding hydrogens is 174 g/mol. The molecule has 0 aliphatic rings. The highest BCUT2D eigenvalue weighted by Crippen LogP contribution is 2.15. The second-order valence-electron chi connectivity index (χ2n) is 3.16. The number of aromatic amines is 1. The largest absolute Gasteiger partial charge is 0.348 e. The molecule has 0 atom stereocenters. The first kappa shape index (κ1) is 7.38. The molecule has 2 aromatic heterocycles. The van der Waals surface area contributed by atoms with Gasteiger partial charge >= 0.3 is 0 Å². The number of nitrogens with one attached hydrogen (secondary N) is 1. The molecule has 3 nitrogen and oxygen atoms in total. The average Bonchev–Trinajstić information content (AvgIpc) is 2.85. The number of aromatic nitrogens is 3. The highest BCUT2D eigenvalue weighted by Gasteiger charge is 2.02. The Morgan fingerprint density at radius 3 is 2.86 bits per heavy atom. The van der Waals surface area contributed by atoms with Crippen molar-refractivity contribution < 1.29 is 0 Å². The van der Waals surface area contributed by atoms with Crippen molar-refractivity contribution in [2.45, 2.75) is 0 Å². The Kier molecular flexibility index (Phi) is 1.44. The molecule has 0 saturated heterocycles. The van der Waals surface area contributed by atoms with Gasteiger partial charge in [0.1, 0.15) is 12.1 Å². The molecule has 3 heteroatoms. The summed E-state index contributed by atoms with van der Waals surface area (Å²) in [6, 6.07) is 12.1. The van der Waals surface area contributed by atoms with Gasteiger partial charge in [-0.25, -0.2) is 4.98 Å². The summed E-state index contributed by atoms with van der Waals surface area (Å²) in [7, 11) is 0. The normalized spacial score (nSPS) is 10.9. The first-order valence-corrected chi connectivity index (χ1v) is 4.51. The third-order valence-electron chi connectivity index (χ3n) is 2.29. The summed E-state index contributed by atoms with van der Waals surface area (Å²) in [5.41, 5.74) is 2.14. The maximum absolute atomic E-state index is 4.32. The predicted molar refractivity (Wildman–Crippen MR) is 55.4 cm³/mol. The fraction of sp³-hybridized carbons (Fsp3) is 0. The number of para-hydroxylation sites is 2. The van der Waals surface area contributed by atoms with E-state index in [4.69, 9.17) is 0 Å². The van der Waals surface area contributed by atoms with E-state index in [1.165, 1.54) is 0 Å². The Hall–Kier alpha value is -2.03. The minimum absolute atomic E-state index is 1.02. The van der Waals surface area contributed by atoms with Crippen LogP contribution in [-0.2, 0) is 0 Å². The number of fused-ring (bicyclic) bond motifs is 1. The van der Waals surface area contributed by atoms with Gasteiger partial charge in [-0.1, -0.05) is 12.1 Å². The molecule has 2 heterocycles. The van der Waals surface area contributed by atoms with Crippen molar-refractivity contribution in [1.29, 1.82) is 0 Å². The van der Waals surface area contributed by atoms with Crippen molar-refractivity contribution in [3.8, 4) is 5.82 Å². The molecule has 1 N–H and O–H groups in total. The lowest BCUT2D eigenvalue weighted by atomic mass is 10.3. The highest BCUT2D eigenvalue weighted by molar-refractivity contribution is 5.76. The van der Waals surface area contributed by atoms with Crippen LogP contribution in [0.15, 0.2) is 48.9 Å². The van der Waals surface area contributed by atoms with E-state index in [2.05, 4.69) is 16.0 Å². The Bertz CT molecular complexity index is 549. The monoisotopic (exact) mass is 183 g/mol. The minimum atomic E-state index is 1.02. The Labute approximate surface area is 81.0 Å². The standard InChI is InChI=1S/C11H9N3/c1-2-5-10-9(4-1)13-8-14(10)11-6-3-7-12-11/h1-8,12H. The van der Waals surface area contributed by atoms with E-state index in [1.807, 2.05) is 47.4 Å². The molecular formula is C11H9N3. The molecule has 0 amide bonds. The van der Waals surface area contributed by atoms with Gasteiger partial charge in [0, 0.05) is 6.20 Å². The average molecular weight is 183 g/mol. The molecule has 0 saturated carbocycles. The van der Waals surface area contributed by atoms with Gasteiger partial charge in [-0.3, -0.25) is 4.57 Å². The summed E-state index contributed by atoms with van der Waals surface area (Å²) in [4.78, 5) is 7.47. The second-order valence-corrected chi connectivity index (χ2v) is 3.16. The molecule has 0 bridgehead atoms. The topological polar surface area (TPSA) is 33.6 Å². The van der Waals surface area contributed by atoms with E-state index >= 15 is 0 Å². The van der Waals surface area contributed by atoms with E-state index in [-0.39, 0.29) is 0 Å². The maximum Gasteiger partial charge on any atom is 0.115 e. The number of imidazole rings is 1. The third kappa shape index (κ3) is 0.956. The van der Waals surface area contributed by atoms with Crippen LogP contribution in [0.4, 0.5) is 0 Å². The fourth-order valence-corrected chi connectivity index (χ4v) is 1.62. The van der Waals surface area contributed by atoms with Gasteiger partial charge in [-0.15, -0.1) is 0 Å². The number of nitrogens with zero attached hydrogens (tertiary/aromatic N) is 2. The van der Waals surface area contributed by atoms with E-state index in [9.17, 15) is 0 Å².